The Morgan fingerprint density at radius 1 is 0.944 bits per heavy atom. The molecule has 0 saturated carbocycles. The number of ketones is 1. The average Bonchev–Trinajstić information content (AvgIpc) is 2.10. The Labute approximate surface area is 111 Å². The molecule has 0 aliphatic rings. The van der Waals surface area contributed by atoms with E-state index in [9.17, 15) is 9.59 Å². The van der Waals surface area contributed by atoms with E-state index < -0.39 is 5.60 Å². The number of Topliss-reactive ketones (excluding diaryl/α,β-unsaturated/α-hetero) is 1. The molecule has 0 rings (SSSR count). The highest BCUT2D eigenvalue weighted by Crippen LogP contribution is 2.29. The molecule has 3 heteroatoms. The molecule has 106 valence electrons. The second-order valence-corrected chi connectivity index (χ2v) is 6.76. The second kappa shape index (κ2) is 6.91. The van der Waals surface area contributed by atoms with Crippen molar-refractivity contribution in [3.63, 3.8) is 0 Å². The zero-order valence-corrected chi connectivity index (χ0v) is 12.8. The predicted octanol–water partition coefficient (Wildman–Crippen LogP) is 3.89. The van der Waals surface area contributed by atoms with Gasteiger partial charge in [0.05, 0.1) is 6.42 Å². The number of rotatable bonds is 7. The van der Waals surface area contributed by atoms with Crippen LogP contribution in [0.1, 0.15) is 73.6 Å². The number of esters is 1. The molecule has 0 spiro atoms. The fraction of sp³-hybridized carbons (Fsp3) is 0.867. The van der Waals surface area contributed by atoms with Gasteiger partial charge >= 0.3 is 5.97 Å². The van der Waals surface area contributed by atoms with Crippen LogP contribution in [0.3, 0.4) is 0 Å². The maximum Gasteiger partial charge on any atom is 0.306 e. The van der Waals surface area contributed by atoms with E-state index >= 15 is 0 Å². The summed E-state index contributed by atoms with van der Waals surface area (Å²) in [5.41, 5.74) is -0.356. The van der Waals surface area contributed by atoms with Gasteiger partial charge in [0.1, 0.15) is 11.4 Å². The fourth-order valence-electron chi connectivity index (χ4n) is 2.32. The van der Waals surface area contributed by atoms with Crippen molar-refractivity contribution in [2.24, 2.45) is 5.41 Å². The van der Waals surface area contributed by atoms with Gasteiger partial charge < -0.3 is 4.74 Å². The first-order chi connectivity index (χ1) is 8.06. The fourth-order valence-corrected chi connectivity index (χ4v) is 2.32. The van der Waals surface area contributed by atoms with Crippen molar-refractivity contribution in [3.8, 4) is 0 Å². The molecule has 0 bridgehead atoms. The van der Waals surface area contributed by atoms with E-state index in [-0.39, 0.29) is 23.6 Å². The first-order valence-electron chi connectivity index (χ1n) is 6.79. The smallest absolute Gasteiger partial charge is 0.306 e. The highest BCUT2D eigenvalue weighted by atomic mass is 16.6. The van der Waals surface area contributed by atoms with Gasteiger partial charge in [-0.2, -0.15) is 0 Å². The summed E-state index contributed by atoms with van der Waals surface area (Å²) in [6.45, 7) is 12.2. The molecule has 0 aliphatic heterocycles. The van der Waals surface area contributed by atoms with Crippen molar-refractivity contribution < 1.29 is 14.3 Å². The minimum absolute atomic E-state index is 0.113. The van der Waals surface area contributed by atoms with Gasteiger partial charge in [0.2, 0.25) is 0 Å². The molecule has 0 unspecified atom stereocenters. The molecule has 0 amide bonds. The molecule has 3 nitrogen and oxygen atoms in total. The number of carbonyl (C=O) groups excluding carboxylic acids is 2. The quantitative estimate of drug-likeness (QED) is 0.649. The minimum atomic E-state index is -0.469. The van der Waals surface area contributed by atoms with Gasteiger partial charge in [0.15, 0.2) is 0 Å². The topological polar surface area (TPSA) is 43.4 Å². The van der Waals surface area contributed by atoms with Crippen LogP contribution in [-0.2, 0) is 14.3 Å². The van der Waals surface area contributed by atoms with E-state index in [2.05, 4.69) is 20.8 Å². The van der Waals surface area contributed by atoms with Crippen molar-refractivity contribution in [3.05, 3.63) is 0 Å². The summed E-state index contributed by atoms with van der Waals surface area (Å²) < 4.78 is 5.45. The number of ether oxygens (including phenoxy) is 1. The van der Waals surface area contributed by atoms with E-state index in [0.717, 1.165) is 12.8 Å². The third kappa shape index (κ3) is 9.20. The van der Waals surface area contributed by atoms with Crippen LogP contribution in [0, 0.1) is 5.41 Å². The first kappa shape index (κ1) is 17.1. The summed E-state index contributed by atoms with van der Waals surface area (Å²) in [5, 5.41) is 0. The molecular weight excluding hydrogens is 228 g/mol. The van der Waals surface area contributed by atoms with E-state index in [0.29, 0.717) is 12.8 Å². The Morgan fingerprint density at radius 2 is 1.50 bits per heavy atom. The van der Waals surface area contributed by atoms with Crippen LogP contribution in [0.4, 0.5) is 0 Å². The predicted molar refractivity (Wildman–Crippen MR) is 73.4 cm³/mol. The van der Waals surface area contributed by atoms with E-state index in [1.165, 1.54) is 0 Å². The molecule has 0 aromatic carbocycles. The molecular formula is C15H28O3. The van der Waals surface area contributed by atoms with Crippen LogP contribution < -0.4 is 0 Å². The first-order valence-corrected chi connectivity index (χ1v) is 6.79. The van der Waals surface area contributed by atoms with E-state index in [1.54, 1.807) is 0 Å². The summed E-state index contributed by atoms with van der Waals surface area (Å²) in [6.07, 6.45) is 2.70. The molecule has 0 atom stereocenters. The van der Waals surface area contributed by atoms with Gasteiger partial charge in [-0.3, -0.25) is 9.59 Å². The maximum atomic E-state index is 11.7. The lowest BCUT2D eigenvalue weighted by Gasteiger charge is -2.32. The number of hydrogen-bond donors (Lipinski definition) is 0. The third-order valence-corrected chi connectivity index (χ3v) is 2.48. The minimum Gasteiger partial charge on any atom is -0.460 e. The summed E-state index contributed by atoms with van der Waals surface area (Å²) in [5.74, 6) is -0.128. The van der Waals surface area contributed by atoms with Gasteiger partial charge in [-0.1, -0.05) is 27.7 Å². The average molecular weight is 256 g/mol. The van der Waals surface area contributed by atoms with Crippen molar-refractivity contribution in [1.29, 1.82) is 0 Å². The Bertz CT molecular complexity index is 285. The van der Waals surface area contributed by atoms with Crippen LogP contribution >= 0.6 is 0 Å². The lowest BCUT2D eigenvalue weighted by atomic mass is 9.83. The summed E-state index contributed by atoms with van der Waals surface area (Å²) in [6, 6.07) is 0. The Balaban J connectivity index is 4.11. The van der Waals surface area contributed by atoms with Crippen molar-refractivity contribution in [2.45, 2.75) is 79.2 Å². The SMILES string of the molecule is CCCC(=O)CCC(=O)OC(C)(C)CC(C)(C)C. The van der Waals surface area contributed by atoms with Crippen LogP contribution in [0.2, 0.25) is 0 Å². The lowest BCUT2D eigenvalue weighted by molar-refractivity contribution is -0.159. The molecule has 0 heterocycles. The van der Waals surface area contributed by atoms with Gasteiger partial charge in [0.25, 0.3) is 0 Å². The molecule has 0 fully saturated rings. The van der Waals surface area contributed by atoms with Crippen molar-refractivity contribution in [1.82, 2.24) is 0 Å². The summed E-state index contributed by atoms with van der Waals surface area (Å²) >= 11 is 0. The van der Waals surface area contributed by atoms with Crippen molar-refractivity contribution in [2.75, 3.05) is 0 Å². The third-order valence-electron chi connectivity index (χ3n) is 2.48. The van der Waals surface area contributed by atoms with Gasteiger partial charge in [-0.15, -0.1) is 0 Å². The van der Waals surface area contributed by atoms with Crippen LogP contribution in [-0.4, -0.2) is 17.4 Å². The molecule has 0 aromatic rings. The van der Waals surface area contributed by atoms with E-state index in [1.807, 2.05) is 20.8 Å². The van der Waals surface area contributed by atoms with E-state index in [4.69, 9.17) is 4.74 Å². The Morgan fingerprint density at radius 3 is 1.94 bits per heavy atom. The standard InChI is InChI=1S/C15H28O3/c1-7-8-12(16)9-10-13(17)18-15(5,6)11-14(2,3)4/h7-11H2,1-6H3. The molecule has 0 aromatic heterocycles. The molecule has 0 radical (unpaired) electrons. The van der Waals surface area contributed by atoms with Gasteiger partial charge in [-0.25, -0.2) is 0 Å². The largest absolute Gasteiger partial charge is 0.460 e. The number of hydrogen-bond acceptors (Lipinski definition) is 3. The normalized spacial score (nSPS) is 12.3. The lowest BCUT2D eigenvalue weighted by Crippen LogP contribution is -2.32. The zero-order valence-electron chi connectivity index (χ0n) is 12.8. The monoisotopic (exact) mass is 256 g/mol. The van der Waals surface area contributed by atoms with Crippen molar-refractivity contribution >= 4 is 11.8 Å². The van der Waals surface area contributed by atoms with Gasteiger partial charge in [0, 0.05) is 12.8 Å². The molecule has 0 N–H and O–H groups in total. The van der Waals surface area contributed by atoms with Crippen LogP contribution in [0.25, 0.3) is 0 Å². The Kier molecular flexibility index (Phi) is 6.58. The van der Waals surface area contributed by atoms with Crippen LogP contribution in [0.15, 0.2) is 0 Å². The number of carbonyl (C=O) groups is 2. The summed E-state index contributed by atoms with van der Waals surface area (Å²) in [4.78, 5) is 23.0. The maximum absolute atomic E-state index is 11.7. The van der Waals surface area contributed by atoms with Crippen LogP contribution in [0.5, 0.6) is 0 Å². The molecule has 0 aliphatic carbocycles. The molecule has 18 heavy (non-hydrogen) atoms. The summed E-state index contributed by atoms with van der Waals surface area (Å²) in [7, 11) is 0. The second-order valence-electron chi connectivity index (χ2n) is 6.76. The highest BCUT2D eigenvalue weighted by molar-refractivity contribution is 5.82. The Hall–Kier alpha value is -0.860. The van der Waals surface area contributed by atoms with Gasteiger partial charge in [-0.05, 0) is 32.1 Å². The molecule has 0 saturated heterocycles. The highest BCUT2D eigenvalue weighted by Gasteiger charge is 2.28. The zero-order chi connectivity index (χ0) is 14.4.